The number of sulfonamides is 2. The lowest BCUT2D eigenvalue weighted by Gasteiger charge is -2.40. The maximum Gasteiger partial charge on any atom is 0.407 e. The van der Waals surface area contributed by atoms with Crippen LogP contribution in [0.15, 0.2) is 53.4 Å². The zero-order valence-electron chi connectivity index (χ0n) is 29.5. The fourth-order valence-electron chi connectivity index (χ4n) is 7.06. The van der Waals surface area contributed by atoms with E-state index in [0.717, 1.165) is 12.0 Å². The Morgan fingerprint density at radius 2 is 1.78 bits per heavy atom. The van der Waals surface area contributed by atoms with Crippen molar-refractivity contribution in [1.29, 1.82) is 0 Å². The van der Waals surface area contributed by atoms with Crippen LogP contribution in [0.1, 0.15) is 58.4 Å². The van der Waals surface area contributed by atoms with Crippen LogP contribution in [0.2, 0.25) is 0 Å². The molecular formula is C35H51N3O11S2. The molecule has 14 nitrogen and oxygen atoms in total. The van der Waals surface area contributed by atoms with E-state index < -0.39 is 62.6 Å². The number of hydrogen-bond acceptors (Lipinski definition) is 10. The molecule has 0 aromatic heterocycles. The second-order valence-corrected chi connectivity index (χ2v) is 18.1. The molecule has 0 bridgehead atoms. The molecule has 0 spiro atoms. The Bertz CT molecular complexity index is 1690. The third kappa shape index (κ3) is 9.91. The lowest BCUT2D eigenvalue weighted by Crippen LogP contribution is -2.58. The first kappa shape index (κ1) is 39.2. The summed E-state index contributed by atoms with van der Waals surface area (Å²) in [4.78, 5) is 14.2. The number of carboxylic acid groups (broad SMARTS) is 1. The van der Waals surface area contributed by atoms with Gasteiger partial charge >= 0.3 is 6.09 Å². The molecule has 3 heterocycles. The number of benzene rings is 2. The third-order valence-corrected chi connectivity index (χ3v) is 13.0. The molecule has 2 saturated heterocycles. The molecule has 284 valence electrons. The van der Waals surface area contributed by atoms with Gasteiger partial charge in [-0.3, -0.25) is 4.90 Å². The smallest absolute Gasteiger partial charge is 0.407 e. The zero-order chi connectivity index (χ0) is 36.8. The number of nitrogens with zero attached hydrogens (tertiary/aromatic N) is 2. The molecule has 3 N–H and O–H groups in total. The summed E-state index contributed by atoms with van der Waals surface area (Å²) >= 11 is 0. The van der Waals surface area contributed by atoms with E-state index in [4.69, 9.17) is 18.9 Å². The largest absolute Gasteiger partial charge is 0.465 e. The van der Waals surface area contributed by atoms with Gasteiger partial charge in [0.1, 0.15) is 0 Å². The van der Waals surface area contributed by atoms with Crippen molar-refractivity contribution in [3.63, 3.8) is 0 Å². The first-order valence-electron chi connectivity index (χ1n) is 17.5. The van der Waals surface area contributed by atoms with Crippen LogP contribution in [0, 0.1) is 11.3 Å². The highest BCUT2D eigenvalue weighted by Gasteiger charge is 2.49. The Morgan fingerprint density at radius 1 is 1.04 bits per heavy atom. The van der Waals surface area contributed by atoms with Crippen molar-refractivity contribution < 1.29 is 50.8 Å². The second kappa shape index (κ2) is 16.8. The molecule has 2 aromatic carbocycles. The van der Waals surface area contributed by atoms with Crippen LogP contribution in [0.3, 0.4) is 0 Å². The molecule has 1 amide bonds. The molecule has 5 atom stereocenters. The van der Waals surface area contributed by atoms with Gasteiger partial charge in [-0.05, 0) is 55.2 Å². The van der Waals surface area contributed by atoms with Gasteiger partial charge in [0.2, 0.25) is 26.8 Å². The van der Waals surface area contributed by atoms with Gasteiger partial charge in [0, 0.05) is 31.6 Å². The molecule has 5 rings (SSSR count). The number of unbranched alkanes of at least 4 members (excludes halogenated alkanes) is 1. The average molecular weight is 754 g/mol. The average Bonchev–Trinajstić information content (AvgIpc) is 3.84. The molecule has 0 aliphatic carbocycles. The highest BCUT2D eigenvalue weighted by atomic mass is 32.2. The van der Waals surface area contributed by atoms with Crippen molar-refractivity contribution in [1.82, 2.24) is 13.9 Å². The first-order valence-corrected chi connectivity index (χ1v) is 20.6. The molecule has 0 unspecified atom stereocenters. The quantitative estimate of drug-likeness (QED) is 0.178. The minimum atomic E-state index is -4.28. The van der Waals surface area contributed by atoms with Crippen molar-refractivity contribution in [3.8, 4) is 11.5 Å². The Balaban J connectivity index is 1.43. The minimum Gasteiger partial charge on any atom is -0.465 e. The molecule has 51 heavy (non-hydrogen) atoms. The highest BCUT2D eigenvalue weighted by Crippen LogP contribution is 2.38. The van der Waals surface area contributed by atoms with Crippen molar-refractivity contribution >= 4 is 26.1 Å². The van der Waals surface area contributed by atoms with E-state index in [1.54, 1.807) is 0 Å². The van der Waals surface area contributed by atoms with Crippen LogP contribution in [0.25, 0.3) is 0 Å². The normalized spacial score (nSPS) is 21.5. The van der Waals surface area contributed by atoms with E-state index in [-0.39, 0.29) is 55.2 Å². The van der Waals surface area contributed by atoms with E-state index >= 15 is 0 Å². The third-order valence-electron chi connectivity index (χ3n) is 9.77. The van der Waals surface area contributed by atoms with Gasteiger partial charge in [0.25, 0.3) is 0 Å². The fourth-order valence-corrected chi connectivity index (χ4v) is 9.99. The van der Waals surface area contributed by atoms with Crippen LogP contribution in [0.4, 0.5) is 4.79 Å². The Labute approximate surface area is 301 Å². The maximum absolute atomic E-state index is 14.5. The van der Waals surface area contributed by atoms with Gasteiger partial charge in [-0.1, -0.05) is 57.5 Å². The van der Waals surface area contributed by atoms with Crippen molar-refractivity contribution in [2.24, 2.45) is 11.3 Å². The predicted molar refractivity (Wildman–Crippen MR) is 188 cm³/mol. The van der Waals surface area contributed by atoms with Crippen molar-refractivity contribution in [2.75, 3.05) is 45.4 Å². The SMILES string of the molecule is CCCCS(=O)(=O)NCCCC(C)(C)CN(C[C@@H](O)[C@H](Cc1ccccc1)N(C(=O)O)[C@H]1CO[C@H]2OCC[C@H]21)S(=O)(=O)c1ccc2c(c1)OCO2. The summed E-state index contributed by atoms with van der Waals surface area (Å²) in [5.41, 5.74) is 0.102. The van der Waals surface area contributed by atoms with Gasteiger partial charge in [-0.25, -0.2) is 26.4 Å². The molecule has 16 heteroatoms. The number of carbonyl (C=O) groups is 1. The van der Waals surface area contributed by atoms with Crippen LogP contribution in [0.5, 0.6) is 11.5 Å². The standard InChI is InChI=1S/C35H51N3O11S2/c1-4-5-18-50(42,43)36-16-9-15-35(2,3)23-37(51(44,45)26-12-13-31-32(20-26)49-24-48-31)21-30(39)28(19-25-10-7-6-8-11-25)38(34(40)41)29-22-47-33-27(29)14-17-46-33/h6-8,10-13,20,27-30,33,36,39H,4-5,9,14-19,21-24H2,1-3H3,(H,40,41)/t27-,28-,29-,30+,33+/m0/s1. The van der Waals surface area contributed by atoms with Crippen molar-refractivity contribution in [3.05, 3.63) is 54.1 Å². The van der Waals surface area contributed by atoms with Crippen molar-refractivity contribution in [2.45, 2.75) is 88.7 Å². The van der Waals surface area contributed by atoms with E-state index in [1.165, 1.54) is 27.4 Å². The lowest BCUT2D eigenvalue weighted by atomic mass is 9.87. The molecule has 0 radical (unpaired) electrons. The van der Waals surface area contributed by atoms with Gasteiger partial charge in [-0.2, -0.15) is 4.31 Å². The summed E-state index contributed by atoms with van der Waals surface area (Å²) in [6.45, 7) is 5.92. The number of nitrogens with one attached hydrogen (secondary N) is 1. The Kier molecular flexibility index (Phi) is 12.9. The van der Waals surface area contributed by atoms with Crippen LogP contribution < -0.4 is 14.2 Å². The van der Waals surface area contributed by atoms with Crippen LogP contribution >= 0.6 is 0 Å². The number of amides is 1. The summed E-state index contributed by atoms with van der Waals surface area (Å²) < 4.78 is 79.7. The number of aliphatic hydroxyl groups excluding tert-OH is 1. The highest BCUT2D eigenvalue weighted by molar-refractivity contribution is 7.89. The van der Waals surface area contributed by atoms with E-state index in [1.807, 2.05) is 51.1 Å². The summed E-state index contributed by atoms with van der Waals surface area (Å²) in [5, 5.41) is 22.7. The maximum atomic E-state index is 14.5. The van der Waals surface area contributed by atoms with Gasteiger partial charge in [0.15, 0.2) is 17.8 Å². The monoisotopic (exact) mass is 753 g/mol. The number of hydrogen-bond donors (Lipinski definition) is 3. The molecule has 3 aliphatic rings. The predicted octanol–water partition coefficient (Wildman–Crippen LogP) is 3.65. The topological polar surface area (TPSA) is 181 Å². The summed E-state index contributed by atoms with van der Waals surface area (Å²) in [6.07, 6.45) is -0.277. The van der Waals surface area contributed by atoms with E-state index in [2.05, 4.69) is 4.72 Å². The fraction of sp³-hybridized carbons (Fsp3) is 0.629. The Hall–Kier alpha value is -2.99. The van der Waals surface area contributed by atoms with E-state index in [0.29, 0.717) is 38.0 Å². The summed E-state index contributed by atoms with van der Waals surface area (Å²) in [7, 11) is -7.69. The number of aliphatic hydroxyl groups is 1. The first-order chi connectivity index (χ1) is 24.2. The molecular weight excluding hydrogens is 703 g/mol. The lowest BCUT2D eigenvalue weighted by molar-refractivity contribution is -0.0906. The molecule has 0 saturated carbocycles. The minimum absolute atomic E-state index is 0.0412. The van der Waals surface area contributed by atoms with E-state index in [9.17, 15) is 31.8 Å². The second-order valence-electron chi connectivity index (χ2n) is 14.3. The van der Waals surface area contributed by atoms with Gasteiger partial charge in [-0.15, -0.1) is 0 Å². The summed E-state index contributed by atoms with van der Waals surface area (Å²) in [5.74, 6) is 0.513. The van der Waals surface area contributed by atoms with Gasteiger partial charge < -0.3 is 29.2 Å². The van der Waals surface area contributed by atoms with Gasteiger partial charge in [0.05, 0.1) is 42.0 Å². The van der Waals surface area contributed by atoms with Crippen LogP contribution in [-0.4, -0.2) is 112 Å². The molecule has 2 fully saturated rings. The number of rotatable bonds is 19. The Morgan fingerprint density at radius 3 is 2.51 bits per heavy atom. The zero-order valence-corrected chi connectivity index (χ0v) is 31.1. The van der Waals surface area contributed by atoms with Crippen LogP contribution in [-0.2, 0) is 35.9 Å². The molecule has 2 aromatic rings. The number of ether oxygens (including phenoxy) is 4. The summed E-state index contributed by atoms with van der Waals surface area (Å²) in [6, 6.07) is 11.9. The molecule has 3 aliphatic heterocycles. The number of fused-ring (bicyclic) bond motifs is 2.